The lowest BCUT2D eigenvalue weighted by molar-refractivity contribution is 0.101. The van der Waals surface area contributed by atoms with Crippen LogP contribution in [0.1, 0.15) is 17.3 Å². The van der Waals surface area contributed by atoms with Crippen molar-refractivity contribution in [3.05, 3.63) is 72.3 Å². The predicted molar refractivity (Wildman–Crippen MR) is 99.0 cm³/mol. The second-order valence-electron chi connectivity index (χ2n) is 5.48. The van der Waals surface area contributed by atoms with Crippen molar-refractivity contribution in [1.82, 2.24) is 10.2 Å². The van der Waals surface area contributed by atoms with Gasteiger partial charge in [-0.3, -0.25) is 9.52 Å². The van der Waals surface area contributed by atoms with Gasteiger partial charge in [0.2, 0.25) is 0 Å². The first-order chi connectivity index (χ1) is 12.4. The van der Waals surface area contributed by atoms with Crippen molar-refractivity contribution in [1.29, 1.82) is 0 Å². The number of aromatic nitrogens is 2. The maximum atomic E-state index is 12.3. The Balaban J connectivity index is 1.73. The van der Waals surface area contributed by atoms with E-state index < -0.39 is 10.0 Å². The average molecular weight is 368 g/mol. The molecule has 0 saturated heterocycles. The van der Waals surface area contributed by atoms with E-state index in [1.807, 2.05) is 0 Å². The zero-order valence-electron chi connectivity index (χ0n) is 13.9. The van der Waals surface area contributed by atoms with Gasteiger partial charge < -0.3 is 5.32 Å². The van der Waals surface area contributed by atoms with E-state index in [1.54, 1.807) is 48.5 Å². The van der Waals surface area contributed by atoms with Crippen LogP contribution in [0.4, 0.5) is 17.3 Å². The fraction of sp³-hybridized carbons (Fsp3) is 0.0556. The van der Waals surface area contributed by atoms with Gasteiger partial charge in [0, 0.05) is 11.3 Å². The molecule has 0 unspecified atom stereocenters. The molecule has 3 aromatic rings. The molecule has 132 valence electrons. The van der Waals surface area contributed by atoms with Crippen LogP contribution in [-0.4, -0.2) is 24.4 Å². The van der Waals surface area contributed by atoms with Gasteiger partial charge >= 0.3 is 0 Å². The van der Waals surface area contributed by atoms with Gasteiger partial charge in [-0.05, 0) is 43.3 Å². The number of ketones is 1. The number of carbonyl (C=O) groups is 1. The molecule has 0 aliphatic carbocycles. The van der Waals surface area contributed by atoms with Gasteiger partial charge in [-0.15, -0.1) is 10.2 Å². The standard InChI is InChI=1S/C18H16N4O3S/c1-13(23)14-6-5-7-15(12-14)19-17-10-11-18(21-20-17)22-26(24,25)16-8-3-2-4-9-16/h2-12H,1H3,(H,19,20)(H,21,22). The summed E-state index contributed by atoms with van der Waals surface area (Å²) in [5.41, 5.74) is 1.26. The first-order valence-electron chi connectivity index (χ1n) is 7.74. The number of nitrogens with zero attached hydrogens (tertiary/aromatic N) is 2. The lowest BCUT2D eigenvalue weighted by Crippen LogP contribution is -2.14. The van der Waals surface area contributed by atoms with Crippen LogP contribution in [0, 0.1) is 0 Å². The highest BCUT2D eigenvalue weighted by Crippen LogP contribution is 2.18. The lowest BCUT2D eigenvalue weighted by Gasteiger charge is -2.08. The lowest BCUT2D eigenvalue weighted by atomic mass is 10.1. The molecule has 3 rings (SSSR count). The number of nitrogens with one attached hydrogen (secondary N) is 2. The minimum absolute atomic E-state index is 0.0367. The van der Waals surface area contributed by atoms with Crippen LogP contribution in [0.5, 0.6) is 0 Å². The van der Waals surface area contributed by atoms with E-state index in [0.29, 0.717) is 17.1 Å². The number of sulfonamides is 1. The fourth-order valence-corrected chi connectivity index (χ4v) is 3.23. The summed E-state index contributed by atoms with van der Waals surface area (Å²) in [6.45, 7) is 1.49. The predicted octanol–water partition coefficient (Wildman–Crippen LogP) is 3.22. The van der Waals surface area contributed by atoms with Crippen molar-refractivity contribution in [2.24, 2.45) is 0 Å². The molecule has 0 spiro atoms. The Labute approximate surface area is 151 Å². The van der Waals surface area contributed by atoms with E-state index in [9.17, 15) is 13.2 Å². The van der Waals surface area contributed by atoms with Gasteiger partial charge in [-0.25, -0.2) is 8.42 Å². The Kier molecular flexibility index (Phi) is 4.94. The molecule has 1 aromatic heterocycles. The van der Waals surface area contributed by atoms with Crippen LogP contribution in [-0.2, 0) is 10.0 Å². The summed E-state index contributed by atoms with van der Waals surface area (Å²) in [5.74, 6) is 0.496. The highest BCUT2D eigenvalue weighted by molar-refractivity contribution is 7.92. The first-order valence-corrected chi connectivity index (χ1v) is 9.22. The van der Waals surface area contributed by atoms with Crippen LogP contribution in [0.25, 0.3) is 0 Å². The second kappa shape index (κ2) is 7.32. The maximum Gasteiger partial charge on any atom is 0.263 e. The van der Waals surface area contributed by atoms with Gasteiger partial charge in [0.1, 0.15) is 0 Å². The first kappa shape index (κ1) is 17.6. The zero-order valence-corrected chi connectivity index (χ0v) is 14.7. The molecule has 7 nitrogen and oxygen atoms in total. The summed E-state index contributed by atoms with van der Waals surface area (Å²) in [6, 6.07) is 18.1. The molecule has 0 amide bonds. The molecule has 0 aliphatic heterocycles. The monoisotopic (exact) mass is 368 g/mol. The Morgan fingerprint density at radius 3 is 2.23 bits per heavy atom. The van der Waals surface area contributed by atoms with Gasteiger partial charge in [-0.2, -0.15) is 0 Å². The summed E-state index contributed by atoms with van der Waals surface area (Å²) >= 11 is 0. The van der Waals surface area contributed by atoms with E-state index in [-0.39, 0.29) is 16.5 Å². The van der Waals surface area contributed by atoms with Gasteiger partial charge in [0.05, 0.1) is 4.90 Å². The third kappa shape index (κ3) is 4.22. The van der Waals surface area contributed by atoms with Crippen molar-refractivity contribution in [3.8, 4) is 0 Å². The molecule has 2 aromatic carbocycles. The largest absolute Gasteiger partial charge is 0.339 e. The van der Waals surface area contributed by atoms with Crippen molar-refractivity contribution in [3.63, 3.8) is 0 Å². The van der Waals surface area contributed by atoms with Crippen molar-refractivity contribution < 1.29 is 13.2 Å². The van der Waals surface area contributed by atoms with Crippen LogP contribution in [0.15, 0.2) is 71.6 Å². The molecule has 0 radical (unpaired) electrons. The van der Waals surface area contributed by atoms with Gasteiger partial charge in [0.15, 0.2) is 17.4 Å². The average Bonchev–Trinajstić information content (AvgIpc) is 2.64. The zero-order chi connectivity index (χ0) is 18.6. The van der Waals surface area contributed by atoms with Crippen molar-refractivity contribution in [2.45, 2.75) is 11.8 Å². The SMILES string of the molecule is CC(=O)c1cccc(Nc2ccc(NS(=O)(=O)c3ccccc3)nn2)c1. The number of rotatable bonds is 6. The Morgan fingerprint density at radius 2 is 1.58 bits per heavy atom. The number of benzene rings is 2. The third-order valence-corrected chi connectivity index (χ3v) is 4.87. The molecule has 0 aliphatic rings. The Morgan fingerprint density at radius 1 is 0.885 bits per heavy atom. The summed E-state index contributed by atoms with van der Waals surface area (Å²) < 4.78 is 26.9. The molecule has 26 heavy (non-hydrogen) atoms. The molecule has 2 N–H and O–H groups in total. The minimum atomic E-state index is -3.71. The summed E-state index contributed by atoms with van der Waals surface area (Å²) in [6.07, 6.45) is 0. The smallest absolute Gasteiger partial charge is 0.263 e. The van der Waals surface area contributed by atoms with Gasteiger partial charge in [-0.1, -0.05) is 30.3 Å². The van der Waals surface area contributed by atoms with E-state index in [1.165, 1.54) is 25.1 Å². The van der Waals surface area contributed by atoms with Gasteiger partial charge in [0.25, 0.3) is 10.0 Å². The number of anilines is 3. The highest BCUT2D eigenvalue weighted by Gasteiger charge is 2.14. The van der Waals surface area contributed by atoms with Crippen LogP contribution >= 0.6 is 0 Å². The summed E-state index contributed by atoms with van der Waals surface area (Å²) in [7, 11) is -3.71. The third-order valence-electron chi connectivity index (χ3n) is 3.50. The van der Waals surface area contributed by atoms with Crippen molar-refractivity contribution in [2.75, 3.05) is 10.0 Å². The molecule has 0 saturated carbocycles. The summed E-state index contributed by atoms with van der Waals surface area (Å²) in [5, 5.41) is 10.8. The molecule has 0 atom stereocenters. The number of hydrogen-bond acceptors (Lipinski definition) is 6. The number of Topliss-reactive ketones (excluding diaryl/α,β-unsaturated/α-hetero) is 1. The van der Waals surface area contributed by atoms with Crippen molar-refractivity contribution >= 4 is 33.1 Å². The molecule has 8 heteroatoms. The molecule has 0 fully saturated rings. The normalized spacial score (nSPS) is 11.0. The second-order valence-corrected chi connectivity index (χ2v) is 7.17. The highest BCUT2D eigenvalue weighted by atomic mass is 32.2. The molecule has 0 bridgehead atoms. The number of hydrogen-bond donors (Lipinski definition) is 2. The minimum Gasteiger partial charge on any atom is -0.339 e. The quantitative estimate of drug-likeness (QED) is 0.648. The fourth-order valence-electron chi connectivity index (χ4n) is 2.21. The van der Waals surface area contributed by atoms with Crippen LogP contribution in [0.3, 0.4) is 0 Å². The number of carbonyl (C=O) groups excluding carboxylic acids is 1. The molecular weight excluding hydrogens is 352 g/mol. The van der Waals surface area contributed by atoms with Crippen LogP contribution in [0.2, 0.25) is 0 Å². The topological polar surface area (TPSA) is 101 Å². The van der Waals surface area contributed by atoms with Crippen LogP contribution < -0.4 is 10.0 Å². The van der Waals surface area contributed by atoms with E-state index >= 15 is 0 Å². The maximum absolute atomic E-state index is 12.3. The Hall–Kier alpha value is -3.26. The van der Waals surface area contributed by atoms with E-state index in [4.69, 9.17) is 0 Å². The van der Waals surface area contributed by atoms with E-state index in [2.05, 4.69) is 20.2 Å². The molecule has 1 heterocycles. The molecular formula is C18H16N4O3S. The summed E-state index contributed by atoms with van der Waals surface area (Å²) in [4.78, 5) is 11.6. The van der Waals surface area contributed by atoms with E-state index in [0.717, 1.165) is 0 Å². The Bertz CT molecular complexity index is 1020.